The maximum absolute atomic E-state index is 10.4. The first-order valence-corrected chi connectivity index (χ1v) is 5.77. The number of carbonyl (C=O) groups excluding carboxylic acids is 1. The number of aromatic nitrogens is 1. The summed E-state index contributed by atoms with van der Waals surface area (Å²) in [5.74, 6) is -5.86. The van der Waals surface area contributed by atoms with Crippen LogP contribution < -0.4 is 0 Å². The summed E-state index contributed by atoms with van der Waals surface area (Å²) in [5.41, 5.74) is -2.55. The SMILES string of the molecule is I.O=C(O)CC(O)(CC(=O)OO)C(=O)O.O=C(O)c1cccnc1. The Morgan fingerprint density at radius 3 is 2.00 bits per heavy atom. The number of hydrogen-bond donors (Lipinski definition) is 5. The Balaban J connectivity index is 0. The molecule has 0 saturated carbocycles. The molecule has 1 aromatic heterocycles. The van der Waals surface area contributed by atoms with E-state index in [1.54, 1.807) is 6.07 Å². The highest BCUT2D eigenvalue weighted by Gasteiger charge is 2.41. The van der Waals surface area contributed by atoms with Gasteiger partial charge in [0.15, 0.2) is 5.60 Å². The Morgan fingerprint density at radius 1 is 1.12 bits per heavy atom. The van der Waals surface area contributed by atoms with Crippen LogP contribution in [0.2, 0.25) is 0 Å². The average Bonchev–Trinajstić information content (AvgIpc) is 2.47. The number of carboxylic acids is 3. The van der Waals surface area contributed by atoms with Crippen LogP contribution >= 0.6 is 24.0 Å². The summed E-state index contributed by atoms with van der Waals surface area (Å²) in [6.07, 6.45) is 0.525. The zero-order valence-electron chi connectivity index (χ0n) is 11.9. The molecule has 1 heterocycles. The molecule has 0 saturated heterocycles. The standard InChI is InChI=1S/C6H5NO2.C6H8O8.HI/c8-6(9)5-2-1-3-7-4-5;7-3(8)1-6(12,5(10)11)2-4(9)14-13;/h1-4H,(H,8,9);12-13H,1-2H2,(H,7,8)(H,10,11);1H. The largest absolute Gasteiger partial charge is 0.481 e. The molecule has 1 rings (SSSR count). The quantitative estimate of drug-likeness (QED) is 0.220. The third-order valence-corrected chi connectivity index (χ3v) is 2.29. The van der Waals surface area contributed by atoms with Crippen LogP contribution in [0.1, 0.15) is 23.2 Å². The monoisotopic (exact) mass is 459 g/mol. The van der Waals surface area contributed by atoms with E-state index in [0.29, 0.717) is 0 Å². The van der Waals surface area contributed by atoms with Gasteiger partial charge in [-0.1, -0.05) is 0 Å². The van der Waals surface area contributed by atoms with E-state index in [1.165, 1.54) is 18.5 Å². The lowest BCUT2D eigenvalue weighted by Gasteiger charge is -2.18. The molecule has 0 aliphatic rings. The van der Waals surface area contributed by atoms with E-state index >= 15 is 0 Å². The summed E-state index contributed by atoms with van der Waals surface area (Å²) >= 11 is 0. The van der Waals surface area contributed by atoms with Crippen molar-refractivity contribution in [2.45, 2.75) is 18.4 Å². The molecule has 5 N–H and O–H groups in total. The minimum atomic E-state index is -2.77. The van der Waals surface area contributed by atoms with E-state index in [-0.39, 0.29) is 29.5 Å². The fraction of sp³-hybridized carbons (Fsp3) is 0.250. The van der Waals surface area contributed by atoms with Crippen molar-refractivity contribution in [2.24, 2.45) is 0 Å². The van der Waals surface area contributed by atoms with Crippen LogP contribution in [0.15, 0.2) is 24.5 Å². The zero-order valence-corrected chi connectivity index (χ0v) is 14.2. The number of carbonyl (C=O) groups is 4. The number of aromatic carboxylic acids is 1. The predicted octanol–water partition coefficient (Wildman–Crippen LogP) is 0.0809. The second kappa shape index (κ2) is 11.3. The summed E-state index contributed by atoms with van der Waals surface area (Å²) < 4.78 is 0. The molecule has 0 aromatic carbocycles. The number of carboxylic acid groups (broad SMARTS) is 3. The third kappa shape index (κ3) is 8.96. The van der Waals surface area contributed by atoms with Crippen molar-refractivity contribution in [1.29, 1.82) is 0 Å². The lowest BCUT2D eigenvalue weighted by atomic mass is 9.96. The van der Waals surface area contributed by atoms with E-state index < -0.39 is 42.3 Å². The van der Waals surface area contributed by atoms with E-state index in [0.717, 1.165) is 0 Å². The molecule has 0 aliphatic heterocycles. The Kier molecular flexibility index (Phi) is 11.2. The molecule has 0 bridgehead atoms. The minimum Gasteiger partial charge on any atom is -0.481 e. The molecular weight excluding hydrogens is 445 g/mol. The summed E-state index contributed by atoms with van der Waals surface area (Å²) in [7, 11) is 0. The molecule has 134 valence electrons. The Labute approximate surface area is 151 Å². The normalized spacial score (nSPS) is 11.6. The Hall–Kier alpha value is -2.32. The third-order valence-electron chi connectivity index (χ3n) is 2.29. The predicted molar refractivity (Wildman–Crippen MR) is 84.8 cm³/mol. The van der Waals surface area contributed by atoms with Crippen LogP contribution in [0.25, 0.3) is 0 Å². The van der Waals surface area contributed by atoms with Gasteiger partial charge < -0.3 is 25.3 Å². The van der Waals surface area contributed by atoms with Gasteiger partial charge in [0.2, 0.25) is 0 Å². The molecule has 0 amide bonds. The van der Waals surface area contributed by atoms with Gasteiger partial charge in [-0.25, -0.2) is 14.4 Å². The summed E-state index contributed by atoms with van der Waals surface area (Å²) in [6, 6.07) is 3.08. The fourth-order valence-corrected chi connectivity index (χ4v) is 1.22. The maximum atomic E-state index is 10.4. The first-order valence-electron chi connectivity index (χ1n) is 5.77. The summed E-state index contributed by atoms with van der Waals surface area (Å²) in [6.45, 7) is 0. The number of pyridine rings is 1. The van der Waals surface area contributed by atoms with Crippen LogP contribution in [-0.4, -0.2) is 60.1 Å². The number of aliphatic carboxylic acids is 2. The highest BCUT2D eigenvalue weighted by atomic mass is 127. The van der Waals surface area contributed by atoms with Gasteiger partial charge >= 0.3 is 23.9 Å². The molecule has 1 aromatic rings. The number of hydrogen-bond acceptors (Lipinski definition) is 8. The van der Waals surface area contributed by atoms with E-state index in [9.17, 15) is 19.2 Å². The zero-order chi connectivity index (χ0) is 18.0. The van der Waals surface area contributed by atoms with Gasteiger partial charge in [-0.05, 0) is 12.1 Å². The second-order valence-electron chi connectivity index (χ2n) is 4.09. The van der Waals surface area contributed by atoms with Crippen LogP contribution in [-0.2, 0) is 19.3 Å². The van der Waals surface area contributed by atoms with Gasteiger partial charge in [0, 0.05) is 12.4 Å². The van der Waals surface area contributed by atoms with Gasteiger partial charge in [0.05, 0.1) is 18.4 Å². The van der Waals surface area contributed by atoms with Crippen LogP contribution in [0.4, 0.5) is 0 Å². The molecule has 1 atom stereocenters. The summed E-state index contributed by atoms with van der Waals surface area (Å²) in [5, 5.41) is 42.0. The van der Waals surface area contributed by atoms with Gasteiger partial charge in [-0.2, -0.15) is 5.26 Å². The molecule has 0 fully saturated rings. The van der Waals surface area contributed by atoms with Crippen LogP contribution in [0, 0.1) is 0 Å². The van der Waals surface area contributed by atoms with Crippen LogP contribution in [0.5, 0.6) is 0 Å². The van der Waals surface area contributed by atoms with E-state index in [1.807, 2.05) is 0 Å². The van der Waals surface area contributed by atoms with Crippen molar-refractivity contribution in [3.8, 4) is 0 Å². The van der Waals surface area contributed by atoms with Gasteiger partial charge in [0.25, 0.3) is 0 Å². The van der Waals surface area contributed by atoms with E-state index in [4.69, 9.17) is 25.7 Å². The molecule has 12 heteroatoms. The molecule has 0 radical (unpaired) electrons. The number of aliphatic hydroxyl groups is 1. The molecular formula is C12H14INO10. The van der Waals surface area contributed by atoms with Crippen molar-refractivity contribution in [3.63, 3.8) is 0 Å². The summed E-state index contributed by atoms with van der Waals surface area (Å²) in [4.78, 5) is 47.9. The van der Waals surface area contributed by atoms with Crippen molar-refractivity contribution in [1.82, 2.24) is 4.98 Å². The van der Waals surface area contributed by atoms with Crippen molar-refractivity contribution < 1.29 is 49.7 Å². The lowest BCUT2D eigenvalue weighted by Crippen LogP contribution is -2.43. The Morgan fingerprint density at radius 2 is 1.71 bits per heavy atom. The highest BCUT2D eigenvalue weighted by Crippen LogP contribution is 2.16. The average molecular weight is 459 g/mol. The van der Waals surface area contributed by atoms with Crippen molar-refractivity contribution >= 4 is 47.9 Å². The van der Waals surface area contributed by atoms with E-state index in [2.05, 4.69) is 9.87 Å². The Bertz CT molecular complexity index is 578. The number of rotatable bonds is 6. The second-order valence-corrected chi connectivity index (χ2v) is 4.09. The van der Waals surface area contributed by atoms with Crippen LogP contribution in [0.3, 0.4) is 0 Å². The van der Waals surface area contributed by atoms with Gasteiger partial charge in [-0.15, -0.1) is 24.0 Å². The molecule has 0 spiro atoms. The minimum absolute atomic E-state index is 0. The first-order chi connectivity index (χ1) is 10.6. The number of halogens is 1. The first kappa shape index (κ1) is 23.9. The lowest BCUT2D eigenvalue weighted by molar-refractivity contribution is -0.238. The molecule has 11 nitrogen and oxygen atoms in total. The highest BCUT2D eigenvalue weighted by molar-refractivity contribution is 14.0. The van der Waals surface area contributed by atoms with Crippen molar-refractivity contribution in [3.05, 3.63) is 30.1 Å². The molecule has 24 heavy (non-hydrogen) atoms. The van der Waals surface area contributed by atoms with Gasteiger partial charge in [-0.3, -0.25) is 9.78 Å². The fourth-order valence-electron chi connectivity index (χ4n) is 1.22. The molecule has 0 aliphatic carbocycles. The number of nitrogens with zero attached hydrogens (tertiary/aromatic N) is 1. The molecule has 1 unspecified atom stereocenters. The van der Waals surface area contributed by atoms with Gasteiger partial charge in [0.1, 0.15) is 0 Å². The topological polar surface area (TPSA) is 192 Å². The van der Waals surface area contributed by atoms with Crippen molar-refractivity contribution in [2.75, 3.05) is 0 Å². The smallest absolute Gasteiger partial charge is 0.345 e. The maximum Gasteiger partial charge on any atom is 0.345 e.